The van der Waals surface area contributed by atoms with Gasteiger partial charge in [0.25, 0.3) is 0 Å². The first-order chi connectivity index (χ1) is 10.2. The molecule has 0 unspecified atom stereocenters. The highest BCUT2D eigenvalue weighted by atomic mass is 16.5. The Balaban J connectivity index is 2.11. The van der Waals surface area contributed by atoms with Crippen molar-refractivity contribution in [2.45, 2.75) is 30.7 Å². The van der Waals surface area contributed by atoms with Gasteiger partial charge in [0.2, 0.25) is 5.91 Å². The van der Waals surface area contributed by atoms with E-state index >= 15 is 0 Å². The fourth-order valence-corrected chi connectivity index (χ4v) is 3.71. The first-order valence-electron chi connectivity index (χ1n) is 7.15. The van der Waals surface area contributed by atoms with Crippen molar-refractivity contribution in [1.29, 1.82) is 5.26 Å². The van der Waals surface area contributed by atoms with E-state index in [1.165, 1.54) is 5.56 Å². The molecule has 1 amide bonds. The number of hydrogen-bond acceptors (Lipinski definition) is 3. The van der Waals surface area contributed by atoms with Crippen LogP contribution in [0.3, 0.4) is 0 Å². The highest BCUT2D eigenvalue weighted by Crippen LogP contribution is 2.50. The molecule has 1 saturated heterocycles. The van der Waals surface area contributed by atoms with Crippen LogP contribution >= 0.6 is 0 Å². The summed E-state index contributed by atoms with van der Waals surface area (Å²) in [4.78, 5) is 14.1. The molecule has 0 N–H and O–H groups in total. The molecule has 2 aliphatic rings. The first kappa shape index (κ1) is 13.7. The van der Waals surface area contributed by atoms with Gasteiger partial charge in [-0.1, -0.05) is 12.1 Å². The lowest BCUT2D eigenvalue weighted by Crippen LogP contribution is -2.49. The van der Waals surface area contributed by atoms with Gasteiger partial charge in [0.15, 0.2) is 0 Å². The summed E-state index contributed by atoms with van der Waals surface area (Å²) < 4.78 is 5.30. The summed E-state index contributed by atoms with van der Waals surface area (Å²) in [6.45, 7) is 4.14. The second-order valence-electron chi connectivity index (χ2n) is 5.65. The molecular formula is C17H18N2O2. The number of methoxy groups -OCH3 is 1. The van der Waals surface area contributed by atoms with Crippen LogP contribution in [0.15, 0.2) is 30.9 Å². The van der Waals surface area contributed by atoms with Crippen LogP contribution in [0.5, 0.6) is 5.75 Å². The number of aryl methyl sites for hydroxylation is 1. The fraction of sp³-hybridized carbons (Fsp3) is 0.412. The summed E-state index contributed by atoms with van der Waals surface area (Å²) in [5.74, 6) is 0.739. The van der Waals surface area contributed by atoms with Crippen LogP contribution in [0, 0.1) is 11.3 Å². The second kappa shape index (κ2) is 4.92. The van der Waals surface area contributed by atoms with Crippen molar-refractivity contribution in [3.8, 4) is 11.8 Å². The third kappa shape index (κ3) is 1.84. The predicted octanol–water partition coefficient (Wildman–Crippen LogP) is 2.41. The molecule has 1 aliphatic heterocycles. The number of rotatable bonds is 3. The zero-order valence-electron chi connectivity index (χ0n) is 12.1. The van der Waals surface area contributed by atoms with E-state index in [1.807, 2.05) is 12.1 Å². The number of nitrogens with zero attached hydrogens (tertiary/aromatic N) is 2. The molecule has 21 heavy (non-hydrogen) atoms. The molecule has 0 aromatic heterocycles. The number of amides is 1. The summed E-state index contributed by atoms with van der Waals surface area (Å²) in [5, 5.41) is 9.81. The van der Waals surface area contributed by atoms with Crippen molar-refractivity contribution in [3.63, 3.8) is 0 Å². The molecule has 1 aromatic carbocycles. The molecule has 1 fully saturated rings. The van der Waals surface area contributed by atoms with Crippen molar-refractivity contribution in [2.75, 3.05) is 13.7 Å². The molecule has 0 bridgehead atoms. The quantitative estimate of drug-likeness (QED) is 0.800. The average molecular weight is 282 g/mol. The van der Waals surface area contributed by atoms with Gasteiger partial charge >= 0.3 is 0 Å². The average Bonchev–Trinajstić information content (AvgIpc) is 2.80. The minimum absolute atomic E-state index is 0.0390. The molecule has 1 heterocycles. The van der Waals surface area contributed by atoms with Gasteiger partial charge in [-0.25, -0.2) is 0 Å². The number of benzene rings is 1. The van der Waals surface area contributed by atoms with E-state index in [2.05, 4.69) is 18.7 Å². The van der Waals surface area contributed by atoms with Crippen LogP contribution in [0.1, 0.15) is 29.9 Å². The Morgan fingerprint density at radius 1 is 1.62 bits per heavy atom. The van der Waals surface area contributed by atoms with Crippen LogP contribution in [-0.2, 0) is 11.2 Å². The highest BCUT2D eigenvalue weighted by Gasteiger charge is 2.55. The van der Waals surface area contributed by atoms with Crippen molar-refractivity contribution in [1.82, 2.24) is 4.90 Å². The van der Waals surface area contributed by atoms with Crippen molar-refractivity contribution in [2.24, 2.45) is 0 Å². The van der Waals surface area contributed by atoms with Gasteiger partial charge in [-0.2, -0.15) is 5.26 Å². The third-order valence-electron chi connectivity index (χ3n) is 4.75. The zero-order chi connectivity index (χ0) is 15.0. The maximum atomic E-state index is 12.4. The monoisotopic (exact) mass is 282 g/mol. The largest absolute Gasteiger partial charge is 0.497 e. The van der Waals surface area contributed by atoms with E-state index in [4.69, 9.17) is 4.74 Å². The number of carbonyl (C=O) groups excluding carboxylic acids is 1. The van der Waals surface area contributed by atoms with E-state index < -0.39 is 5.54 Å². The van der Waals surface area contributed by atoms with Crippen molar-refractivity contribution >= 4 is 5.91 Å². The van der Waals surface area contributed by atoms with Crippen LogP contribution in [-0.4, -0.2) is 30.0 Å². The second-order valence-corrected chi connectivity index (χ2v) is 5.65. The lowest BCUT2D eigenvalue weighted by Gasteiger charge is -2.40. The molecule has 1 aliphatic carbocycles. The lowest BCUT2D eigenvalue weighted by molar-refractivity contribution is -0.129. The van der Waals surface area contributed by atoms with Gasteiger partial charge < -0.3 is 9.64 Å². The van der Waals surface area contributed by atoms with Crippen LogP contribution in [0.25, 0.3) is 0 Å². The zero-order valence-corrected chi connectivity index (χ0v) is 12.1. The fourth-order valence-electron chi connectivity index (χ4n) is 3.71. The van der Waals surface area contributed by atoms with Gasteiger partial charge in [-0.05, 0) is 36.1 Å². The Morgan fingerprint density at radius 2 is 2.43 bits per heavy atom. The maximum Gasteiger partial charge on any atom is 0.224 e. The number of ether oxygens (including phenoxy) is 1. The highest BCUT2D eigenvalue weighted by molar-refractivity contribution is 5.83. The minimum Gasteiger partial charge on any atom is -0.497 e. The van der Waals surface area contributed by atoms with E-state index in [0.717, 1.165) is 17.7 Å². The number of nitriles is 1. The number of likely N-dealkylation sites (tertiary alicyclic amines) is 1. The first-order valence-corrected chi connectivity index (χ1v) is 7.15. The standard InChI is InChI=1S/C17H18N2O2/c1-3-8-19-16(20)10-15-14-9-13(21-2)5-4-12(14)6-7-17(15,19)11-18/h3-5,9,15H,1,6-8,10H2,2H3/t15-,17-/m0/s1. The Kier molecular flexibility index (Phi) is 3.21. The van der Waals surface area contributed by atoms with Crippen molar-refractivity contribution in [3.05, 3.63) is 42.0 Å². The lowest BCUT2D eigenvalue weighted by atomic mass is 9.70. The van der Waals surface area contributed by atoms with Gasteiger partial charge in [-0.3, -0.25) is 4.79 Å². The van der Waals surface area contributed by atoms with Gasteiger partial charge in [-0.15, -0.1) is 6.58 Å². The summed E-state index contributed by atoms with van der Waals surface area (Å²) in [7, 11) is 1.63. The molecule has 108 valence electrons. The van der Waals surface area contributed by atoms with Crippen molar-refractivity contribution < 1.29 is 9.53 Å². The van der Waals surface area contributed by atoms with Gasteiger partial charge in [0, 0.05) is 18.9 Å². The van der Waals surface area contributed by atoms with E-state index in [0.29, 0.717) is 19.4 Å². The van der Waals surface area contributed by atoms with Crippen LogP contribution in [0.2, 0.25) is 0 Å². The molecule has 0 saturated carbocycles. The summed E-state index contributed by atoms with van der Waals surface area (Å²) in [6, 6.07) is 8.41. The molecule has 3 rings (SSSR count). The minimum atomic E-state index is -0.732. The van der Waals surface area contributed by atoms with E-state index in [9.17, 15) is 10.1 Å². The normalized spacial score (nSPS) is 26.8. The molecule has 4 nitrogen and oxygen atoms in total. The number of hydrogen-bond donors (Lipinski definition) is 0. The van der Waals surface area contributed by atoms with E-state index in [1.54, 1.807) is 18.1 Å². The molecular weight excluding hydrogens is 264 g/mol. The molecule has 4 heteroatoms. The summed E-state index contributed by atoms with van der Waals surface area (Å²) in [6.07, 6.45) is 3.58. The summed E-state index contributed by atoms with van der Waals surface area (Å²) in [5.41, 5.74) is 1.58. The number of carbonyl (C=O) groups is 1. The smallest absolute Gasteiger partial charge is 0.224 e. The SMILES string of the molecule is C=CCN1C(=O)C[C@H]2c3cc(OC)ccc3CC[C@]21C#N. The van der Waals surface area contributed by atoms with Gasteiger partial charge in [0.05, 0.1) is 13.2 Å². The van der Waals surface area contributed by atoms with E-state index in [-0.39, 0.29) is 11.8 Å². The Bertz CT molecular complexity index is 647. The Morgan fingerprint density at radius 3 is 3.10 bits per heavy atom. The Labute approximate surface area is 124 Å². The molecule has 1 aromatic rings. The Hall–Kier alpha value is -2.28. The number of fused-ring (bicyclic) bond motifs is 3. The topological polar surface area (TPSA) is 53.3 Å². The van der Waals surface area contributed by atoms with Crippen LogP contribution < -0.4 is 4.74 Å². The summed E-state index contributed by atoms with van der Waals surface area (Å²) >= 11 is 0. The van der Waals surface area contributed by atoms with Crippen LogP contribution in [0.4, 0.5) is 0 Å². The predicted molar refractivity (Wildman–Crippen MR) is 78.9 cm³/mol. The molecule has 0 radical (unpaired) electrons. The van der Waals surface area contributed by atoms with Gasteiger partial charge in [0.1, 0.15) is 11.3 Å². The maximum absolute atomic E-state index is 12.4. The third-order valence-corrected chi connectivity index (χ3v) is 4.75. The molecule has 0 spiro atoms. The molecule has 2 atom stereocenters.